The molecule has 0 unspecified atom stereocenters. The number of hydrogen-bond donors (Lipinski definition) is 2. The van der Waals surface area contributed by atoms with Crippen molar-refractivity contribution in [2.45, 2.75) is 6.61 Å². The summed E-state index contributed by atoms with van der Waals surface area (Å²) in [7, 11) is 0. The third kappa shape index (κ3) is 4.96. The lowest BCUT2D eigenvalue weighted by atomic mass is 10.2. The molecule has 27 heavy (non-hydrogen) atoms. The SMILES string of the molecule is N/C(=N/N=C\c1cccc(OCc2ccc(Cl)cc2Cl)c1)c1nonc1N. The minimum atomic E-state index is -0.00483. The number of anilines is 1. The molecule has 0 bridgehead atoms. The number of nitrogens with two attached hydrogens (primary N) is 2. The predicted octanol–water partition coefficient (Wildman–Crippen LogP) is 3.28. The van der Waals surface area contributed by atoms with Crippen LogP contribution in [0.3, 0.4) is 0 Å². The molecule has 1 aromatic heterocycles. The minimum absolute atomic E-state index is 0.00483. The van der Waals surface area contributed by atoms with E-state index in [1.807, 2.05) is 24.3 Å². The number of amidine groups is 1. The van der Waals surface area contributed by atoms with Gasteiger partial charge in [0.05, 0.1) is 6.21 Å². The first kappa shape index (κ1) is 18.7. The van der Waals surface area contributed by atoms with Crippen molar-refractivity contribution in [1.82, 2.24) is 10.3 Å². The molecule has 2 aromatic carbocycles. The van der Waals surface area contributed by atoms with E-state index in [0.29, 0.717) is 22.4 Å². The van der Waals surface area contributed by atoms with Crippen molar-refractivity contribution in [3.63, 3.8) is 0 Å². The smallest absolute Gasteiger partial charge is 0.199 e. The van der Waals surface area contributed by atoms with Crippen LogP contribution >= 0.6 is 23.2 Å². The monoisotopic (exact) mass is 404 g/mol. The summed E-state index contributed by atoms with van der Waals surface area (Å²) >= 11 is 12.0. The van der Waals surface area contributed by atoms with Gasteiger partial charge in [-0.05, 0) is 40.1 Å². The third-order valence-electron chi connectivity index (χ3n) is 3.40. The van der Waals surface area contributed by atoms with Crippen LogP contribution in [0.15, 0.2) is 57.3 Å². The Morgan fingerprint density at radius 3 is 2.78 bits per heavy atom. The van der Waals surface area contributed by atoms with E-state index in [1.165, 1.54) is 6.21 Å². The van der Waals surface area contributed by atoms with Crippen LogP contribution in [0.1, 0.15) is 16.8 Å². The predicted molar refractivity (Wildman–Crippen MR) is 104 cm³/mol. The van der Waals surface area contributed by atoms with E-state index in [-0.39, 0.29) is 17.3 Å². The second-order valence-corrected chi connectivity index (χ2v) is 6.17. The van der Waals surface area contributed by atoms with Crippen LogP contribution in [0.4, 0.5) is 5.82 Å². The molecule has 138 valence electrons. The Bertz CT molecular complexity index is 1000. The number of hydrogen-bond acceptors (Lipinski definition) is 7. The maximum Gasteiger partial charge on any atom is 0.199 e. The van der Waals surface area contributed by atoms with Gasteiger partial charge >= 0.3 is 0 Å². The summed E-state index contributed by atoms with van der Waals surface area (Å²) < 4.78 is 10.2. The maximum atomic E-state index is 6.14. The zero-order valence-electron chi connectivity index (χ0n) is 13.8. The topological polar surface area (TPSA) is 125 Å². The molecule has 8 nitrogen and oxygen atoms in total. The van der Waals surface area contributed by atoms with Crippen molar-refractivity contribution in [3.05, 3.63) is 69.3 Å². The van der Waals surface area contributed by atoms with E-state index in [1.54, 1.807) is 18.2 Å². The molecule has 3 aromatic rings. The average molecular weight is 405 g/mol. The van der Waals surface area contributed by atoms with Gasteiger partial charge in [0.1, 0.15) is 12.4 Å². The van der Waals surface area contributed by atoms with Gasteiger partial charge in [-0.15, -0.1) is 5.10 Å². The number of aromatic nitrogens is 2. The lowest BCUT2D eigenvalue weighted by Crippen LogP contribution is -2.15. The van der Waals surface area contributed by atoms with Gasteiger partial charge in [-0.25, -0.2) is 4.63 Å². The molecule has 0 saturated heterocycles. The van der Waals surface area contributed by atoms with Gasteiger partial charge in [0, 0.05) is 15.6 Å². The zero-order chi connectivity index (χ0) is 19.2. The molecule has 0 aliphatic rings. The van der Waals surface area contributed by atoms with Crippen molar-refractivity contribution in [2.75, 3.05) is 5.73 Å². The fourth-order valence-electron chi connectivity index (χ4n) is 2.06. The highest BCUT2D eigenvalue weighted by atomic mass is 35.5. The Morgan fingerprint density at radius 1 is 1.19 bits per heavy atom. The standard InChI is InChI=1S/C17H14Cl2N6O2/c18-12-5-4-11(14(19)7-12)9-26-13-3-1-2-10(6-13)8-22-23-16(20)15-17(21)25-27-24-15/h1-8H,9H2,(H2,20,23)(H2,21,25)/b22-8-. The van der Waals surface area contributed by atoms with Crippen LogP contribution < -0.4 is 16.2 Å². The molecule has 10 heteroatoms. The molecule has 1 heterocycles. The van der Waals surface area contributed by atoms with Gasteiger partial charge in [0.25, 0.3) is 0 Å². The zero-order valence-corrected chi connectivity index (χ0v) is 15.4. The Hall–Kier alpha value is -3.10. The van der Waals surface area contributed by atoms with Crippen LogP contribution in [0.25, 0.3) is 0 Å². The largest absolute Gasteiger partial charge is 0.489 e. The Kier molecular flexibility index (Phi) is 5.90. The summed E-state index contributed by atoms with van der Waals surface area (Å²) in [6.07, 6.45) is 1.51. The highest BCUT2D eigenvalue weighted by molar-refractivity contribution is 6.35. The highest BCUT2D eigenvalue weighted by Gasteiger charge is 2.10. The number of benzene rings is 2. The summed E-state index contributed by atoms with van der Waals surface area (Å²) in [5.41, 5.74) is 13.0. The second-order valence-electron chi connectivity index (χ2n) is 5.32. The molecule has 0 aliphatic carbocycles. The van der Waals surface area contributed by atoms with Gasteiger partial charge in [-0.1, -0.05) is 41.4 Å². The average Bonchev–Trinajstić information content (AvgIpc) is 3.07. The van der Waals surface area contributed by atoms with E-state index in [4.69, 9.17) is 39.4 Å². The highest BCUT2D eigenvalue weighted by Crippen LogP contribution is 2.23. The Morgan fingerprint density at radius 2 is 2.04 bits per heavy atom. The first-order valence-corrected chi connectivity index (χ1v) is 8.40. The number of halogens is 2. The quantitative estimate of drug-likeness (QED) is 0.368. The molecule has 0 amide bonds. The van der Waals surface area contributed by atoms with E-state index in [0.717, 1.165) is 11.1 Å². The number of nitrogens with zero attached hydrogens (tertiary/aromatic N) is 4. The molecule has 0 saturated carbocycles. The fraction of sp³-hybridized carbons (Fsp3) is 0.0588. The van der Waals surface area contributed by atoms with Gasteiger partial charge in [-0.3, -0.25) is 0 Å². The van der Waals surface area contributed by atoms with Gasteiger partial charge in [0.15, 0.2) is 17.3 Å². The molecule has 0 spiro atoms. The van der Waals surface area contributed by atoms with Crippen molar-refractivity contribution < 1.29 is 9.37 Å². The second kappa shape index (κ2) is 8.52. The first-order chi connectivity index (χ1) is 13.0. The third-order valence-corrected chi connectivity index (χ3v) is 3.98. The molecule has 0 aliphatic heterocycles. The fourth-order valence-corrected chi connectivity index (χ4v) is 2.53. The molecule has 3 rings (SSSR count). The van der Waals surface area contributed by atoms with Crippen LogP contribution in [0, 0.1) is 0 Å². The summed E-state index contributed by atoms with van der Waals surface area (Å²) in [5.74, 6) is 0.685. The maximum absolute atomic E-state index is 6.14. The first-order valence-electron chi connectivity index (χ1n) is 7.64. The van der Waals surface area contributed by atoms with E-state index < -0.39 is 0 Å². The van der Waals surface area contributed by atoms with E-state index in [9.17, 15) is 0 Å². The summed E-state index contributed by atoms with van der Waals surface area (Å²) in [5, 5.41) is 15.8. The Labute approximate surface area is 164 Å². The lowest BCUT2D eigenvalue weighted by Gasteiger charge is -2.08. The summed E-state index contributed by atoms with van der Waals surface area (Å²) in [6.45, 7) is 0.306. The van der Waals surface area contributed by atoms with Crippen molar-refractivity contribution in [1.29, 1.82) is 0 Å². The van der Waals surface area contributed by atoms with Crippen LogP contribution in [0.2, 0.25) is 10.0 Å². The normalized spacial score (nSPS) is 11.9. The van der Waals surface area contributed by atoms with E-state index >= 15 is 0 Å². The Balaban J connectivity index is 1.65. The molecule has 0 radical (unpaired) electrons. The number of rotatable bonds is 6. The van der Waals surface area contributed by atoms with Gasteiger partial charge in [0.2, 0.25) is 0 Å². The molecule has 0 fully saturated rings. The van der Waals surface area contributed by atoms with E-state index in [2.05, 4.69) is 25.1 Å². The van der Waals surface area contributed by atoms with Crippen molar-refractivity contribution >= 4 is 41.1 Å². The van der Waals surface area contributed by atoms with Gasteiger partial charge in [-0.2, -0.15) is 5.10 Å². The minimum Gasteiger partial charge on any atom is -0.489 e. The number of ether oxygens (including phenoxy) is 1. The molecular formula is C17H14Cl2N6O2. The number of nitrogen functional groups attached to an aromatic ring is 1. The lowest BCUT2D eigenvalue weighted by molar-refractivity contribution is 0.306. The van der Waals surface area contributed by atoms with Gasteiger partial charge < -0.3 is 16.2 Å². The van der Waals surface area contributed by atoms with Crippen molar-refractivity contribution in [2.24, 2.45) is 15.9 Å². The molecule has 4 N–H and O–H groups in total. The van der Waals surface area contributed by atoms with Crippen LogP contribution in [0.5, 0.6) is 5.75 Å². The van der Waals surface area contributed by atoms with Crippen LogP contribution in [-0.2, 0) is 6.61 Å². The summed E-state index contributed by atoms with van der Waals surface area (Å²) in [6, 6.07) is 12.5. The molecule has 0 atom stereocenters. The van der Waals surface area contributed by atoms with Crippen LogP contribution in [-0.4, -0.2) is 22.4 Å². The summed E-state index contributed by atoms with van der Waals surface area (Å²) in [4.78, 5) is 0. The molecular weight excluding hydrogens is 391 g/mol. The van der Waals surface area contributed by atoms with Crippen molar-refractivity contribution in [3.8, 4) is 5.75 Å².